The minimum absolute atomic E-state index is 0.0298. The summed E-state index contributed by atoms with van der Waals surface area (Å²) in [5.41, 5.74) is 0.940. The van der Waals surface area contributed by atoms with Crippen LogP contribution in [0.3, 0.4) is 0 Å². The molecule has 100 valence electrons. The molecule has 0 atom stereocenters. The van der Waals surface area contributed by atoms with Crippen molar-refractivity contribution in [1.29, 1.82) is 0 Å². The fraction of sp³-hybridized carbons (Fsp3) is 0.286. The van der Waals surface area contributed by atoms with Crippen LogP contribution in [0.15, 0.2) is 42.7 Å². The number of amides is 1. The molecule has 0 aliphatic carbocycles. The highest BCUT2D eigenvalue weighted by molar-refractivity contribution is 6.83. The summed E-state index contributed by atoms with van der Waals surface area (Å²) in [4.78, 5) is 16.9. The lowest BCUT2D eigenvalue weighted by molar-refractivity contribution is 0.0990. The van der Waals surface area contributed by atoms with Crippen molar-refractivity contribution < 1.29 is 4.79 Å². The van der Waals surface area contributed by atoms with Crippen molar-refractivity contribution >= 4 is 19.8 Å². The number of aromatic nitrogens is 2. The normalized spacial score (nSPS) is 11.4. The average Bonchev–Trinajstić information content (AvgIpc) is 2.75. The number of para-hydroxylation sites is 1. The Labute approximate surface area is 114 Å². The molecule has 2 aromatic rings. The molecule has 0 spiro atoms. The highest BCUT2D eigenvalue weighted by Gasteiger charge is 2.32. The molecule has 1 heterocycles. The van der Waals surface area contributed by atoms with Gasteiger partial charge in [-0.3, -0.25) is 4.79 Å². The molecule has 0 unspecified atom stereocenters. The first-order valence-electron chi connectivity index (χ1n) is 6.28. The SMILES string of the molecule is Cn1ccnc1C(=O)N(c1ccccc1)[Si](C)(C)C. The Morgan fingerprint density at radius 3 is 2.32 bits per heavy atom. The van der Waals surface area contributed by atoms with Crippen LogP contribution in [0.1, 0.15) is 10.6 Å². The lowest BCUT2D eigenvalue weighted by Gasteiger charge is -2.34. The molecule has 0 radical (unpaired) electrons. The van der Waals surface area contributed by atoms with E-state index in [-0.39, 0.29) is 5.91 Å². The van der Waals surface area contributed by atoms with Gasteiger partial charge in [0.25, 0.3) is 5.91 Å². The van der Waals surface area contributed by atoms with Crippen molar-refractivity contribution in [1.82, 2.24) is 9.55 Å². The second-order valence-electron chi connectivity index (χ2n) is 5.51. The summed E-state index contributed by atoms with van der Waals surface area (Å²) in [6.07, 6.45) is 3.45. The van der Waals surface area contributed by atoms with Crippen LogP contribution in [0.25, 0.3) is 0 Å². The third kappa shape index (κ3) is 2.76. The monoisotopic (exact) mass is 273 g/mol. The van der Waals surface area contributed by atoms with Crippen LogP contribution in [0, 0.1) is 0 Å². The van der Waals surface area contributed by atoms with Crippen molar-refractivity contribution in [2.75, 3.05) is 4.57 Å². The van der Waals surface area contributed by atoms with Crippen molar-refractivity contribution in [3.05, 3.63) is 48.5 Å². The molecule has 5 heteroatoms. The van der Waals surface area contributed by atoms with Gasteiger partial charge in [0.2, 0.25) is 0 Å². The van der Waals surface area contributed by atoms with Crippen LogP contribution >= 0.6 is 0 Å². The van der Waals surface area contributed by atoms with Gasteiger partial charge in [-0.2, -0.15) is 0 Å². The number of aryl methyl sites for hydroxylation is 1. The molecular weight excluding hydrogens is 254 g/mol. The van der Waals surface area contributed by atoms with E-state index in [1.165, 1.54) is 0 Å². The third-order valence-electron chi connectivity index (χ3n) is 2.90. The maximum Gasteiger partial charge on any atom is 0.286 e. The Kier molecular flexibility index (Phi) is 3.57. The van der Waals surface area contributed by atoms with Crippen LogP contribution in [0.2, 0.25) is 19.6 Å². The second kappa shape index (κ2) is 5.01. The first-order chi connectivity index (χ1) is 8.91. The van der Waals surface area contributed by atoms with E-state index < -0.39 is 8.24 Å². The highest BCUT2D eigenvalue weighted by Crippen LogP contribution is 2.23. The molecule has 0 aliphatic rings. The zero-order valence-corrected chi connectivity index (χ0v) is 12.8. The van der Waals surface area contributed by atoms with Gasteiger partial charge < -0.3 is 9.13 Å². The predicted molar refractivity (Wildman–Crippen MR) is 79.8 cm³/mol. The zero-order valence-electron chi connectivity index (χ0n) is 11.8. The number of benzene rings is 1. The van der Waals surface area contributed by atoms with Gasteiger partial charge in [0.1, 0.15) is 0 Å². The summed E-state index contributed by atoms with van der Waals surface area (Å²) in [5.74, 6) is 0.448. The van der Waals surface area contributed by atoms with E-state index in [4.69, 9.17) is 0 Å². The Bertz CT molecular complexity index is 572. The quantitative estimate of drug-likeness (QED) is 0.806. The van der Waals surface area contributed by atoms with Gasteiger partial charge in [0.15, 0.2) is 14.1 Å². The number of rotatable bonds is 3. The molecule has 0 bridgehead atoms. The average molecular weight is 273 g/mol. The Morgan fingerprint density at radius 1 is 1.21 bits per heavy atom. The molecule has 0 aliphatic heterocycles. The topological polar surface area (TPSA) is 38.1 Å². The van der Waals surface area contributed by atoms with E-state index in [1.54, 1.807) is 17.0 Å². The van der Waals surface area contributed by atoms with Crippen molar-refractivity contribution in [2.24, 2.45) is 7.05 Å². The Hall–Kier alpha value is -1.88. The van der Waals surface area contributed by atoms with E-state index in [9.17, 15) is 4.79 Å². The summed E-state index contributed by atoms with van der Waals surface area (Å²) in [5, 5.41) is 0. The number of hydrogen-bond donors (Lipinski definition) is 0. The second-order valence-corrected chi connectivity index (χ2v) is 10.3. The van der Waals surface area contributed by atoms with E-state index in [1.807, 2.05) is 41.9 Å². The zero-order chi connectivity index (χ0) is 14.0. The summed E-state index contributed by atoms with van der Waals surface area (Å²) in [6, 6.07) is 9.80. The number of imidazole rings is 1. The minimum Gasteiger partial charge on any atom is -0.334 e. The highest BCUT2D eigenvalue weighted by atomic mass is 28.3. The van der Waals surface area contributed by atoms with Crippen LogP contribution in [0.4, 0.5) is 5.69 Å². The van der Waals surface area contributed by atoms with E-state index >= 15 is 0 Å². The van der Waals surface area contributed by atoms with Crippen molar-refractivity contribution in [3.8, 4) is 0 Å². The molecule has 2 rings (SSSR count). The van der Waals surface area contributed by atoms with Gasteiger partial charge in [-0.25, -0.2) is 4.98 Å². The lowest BCUT2D eigenvalue weighted by atomic mass is 10.3. The van der Waals surface area contributed by atoms with E-state index in [2.05, 4.69) is 24.6 Å². The van der Waals surface area contributed by atoms with E-state index in [0.717, 1.165) is 5.69 Å². The van der Waals surface area contributed by atoms with Crippen molar-refractivity contribution in [3.63, 3.8) is 0 Å². The largest absolute Gasteiger partial charge is 0.334 e. The van der Waals surface area contributed by atoms with Gasteiger partial charge in [-0.1, -0.05) is 37.8 Å². The Morgan fingerprint density at radius 2 is 1.84 bits per heavy atom. The first-order valence-corrected chi connectivity index (χ1v) is 9.73. The summed E-state index contributed by atoms with van der Waals surface area (Å²) < 4.78 is 3.67. The summed E-state index contributed by atoms with van der Waals surface area (Å²) >= 11 is 0. The minimum atomic E-state index is -1.84. The molecule has 0 saturated carbocycles. The van der Waals surface area contributed by atoms with Crippen LogP contribution in [-0.4, -0.2) is 23.7 Å². The lowest BCUT2D eigenvalue weighted by Crippen LogP contribution is -2.50. The molecule has 0 fully saturated rings. The van der Waals surface area contributed by atoms with Crippen LogP contribution in [0.5, 0.6) is 0 Å². The maximum absolute atomic E-state index is 12.8. The fourth-order valence-electron chi connectivity index (χ4n) is 2.06. The molecule has 19 heavy (non-hydrogen) atoms. The maximum atomic E-state index is 12.8. The molecule has 1 aromatic heterocycles. The smallest absolute Gasteiger partial charge is 0.286 e. The van der Waals surface area contributed by atoms with Gasteiger partial charge in [0, 0.05) is 25.1 Å². The van der Waals surface area contributed by atoms with Gasteiger partial charge in [-0.05, 0) is 12.1 Å². The molecule has 1 aromatic carbocycles. The molecule has 0 N–H and O–H groups in total. The summed E-state index contributed by atoms with van der Waals surface area (Å²) in [6.45, 7) is 6.46. The number of carbonyl (C=O) groups excluding carboxylic acids is 1. The number of hydrogen-bond acceptors (Lipinski definition) is 2. The third-order valence-corrected chi connectivity index (χ3v) is 4.70. The summed E-state index contributed by atoms with van der Waals surface area (Å²) in [7, 11) is 0.00173. The Balaban J connectivity index is 2.46. The molecular formula is C14H19N3OSi. The van der Waals surface area contributed by atoms with Gasteiger partial charge in [0.05, 0.1) is 0 Å². The van der Waals surface area contributed by atoms with Gasteiger partial charge >= 0.3 is 0 Å². The number of nitrogens with zero attached hydrogens (tertiary/aromatic N) is 3. The fourth-order valence-corrected chi connectivity index (χ4v) is 3.69. The number of anilines is 1. The molecule has 0 saturated heterocycles. The standard InChI is InChI=1S/C14H19N3OSi/c1-16-11-10-15-13(16)14(18)17(19(2,3)4)12-8-6-5-7-9-12/h5-11H,1-4H3. The van der Waals surface area contributed by atoms with Crippen LogP contribution in [-0.2, 0) is 7.05 Å². The van der Waals surface area contributed by atoms with Crippen LogP contribution < -0.4 is 4.57 Å². The predicted octanol–water partition coefficient (Wildman–Crippen LogP) is 2.90. The van der Waals surface area contributed by atoms with Crippen molar-refractivity contribution in [2.45, 2.75) is 19.6 Å². The molecule has 1 amide bonds. The van der Waals surface area contributed by atoms with Gasteiger partial charge in [-0.15, -0.1) is 0 Å². The van der Waals surface area contributed by atoms with E-state index in [0.29, 0.717) is 5.82 Å². The first kappa shape index (κ1) is 13.5. The molecule has 4 nitrogen and oxygen atoms in total. The number of carbonyl (C=O) groups is 1.